The maximum Gasteiger partial charge on any atom is 0.263 e. The van der Waals surface area contributed by atoms with Crippen molar-refractivity contribution in [3.8, 4) is 0 Å². The Morgan fingerprint density at radius 2 is 2.19 bits per heavy atom. The monoisotopic (exact) mass is 303 g/mol. The van der Waals surface area contributed by atoms with E-state index in [9.17, 15) is 9.59 Å². The van der Waals surface area contributed by atoms with E-state index in [-0.39, 0.29) is 5.56 Å². The number of nitrogens with zero attached hydrogens (tertiary/aromatic N) is 1. The first-order chi connectivity index (χ1) is 10.00. The molecule has 0 spiro atoms. The van der Waals surface area contributed by atoms with Crippen LogP contribution in [-0.2, 0) is 5.54 Å². The number of H-pyrrole nitrogens is 1. The molecule has 1 aliphatic rings. The predicted molar refractivity (Wildman–Crippen MR) is 79.4 cm³/mol. The lowest BCUT2D eigenvalue weighted by atomic mass is 10.0. The van der Waals surface area contributed by atoms with Crippen LogP contribution in [0.5, 0.6) is 0 Å². The largest absolute Gasteiger partial charge is 0.342 e. The summed E-state index contributed by atoms with van der Waals surface area (Å²) in [5.41, 5.74) is 0.134. The van der Waals surface area contributed by atoms with E-state index in [1.807, 2.05) is 18.2 Å². The predicted octanol–water partition coefficient (Wildman–Crippen LogP) is 2.15. The normalized spacial score (nSPS) is 15.5. The van der Waals surface area contributed by atoms with Gasteiger partial charge in [-0.2, -0.15) is 0 Å². The minimum atomic E-state index is -0.429. The Hall–Kier alpha value is -2.14. The Labute approximate surface area is 126 Å². The first-order valence-corrected chi connectivity index (χ1v) is 7.02. The van der Waals surface area contributed by atoms with Gasteiger partial charge in [-0.05, 0) is 37.5 Å². The molecule has 0 bridgehead atoms. The highest BCUT2D eigenvalue weighted by Gasteiger charge is 2.46. The van der Waals surface area contributed by atoms with Gasteiger partial charge in [0, 0.05) is 11.2 Å². The number of amides is 1. The summed E-state index contributed by atoms with van der Waals surface area (Å²) in [6.45, 7) is 1.66. The van der Waals surface area contributed by atoms with Gasteiger partial charge in [0.1, 0.15) is 11.4 Å². The molecule has 1 aromatic heterocycles. The third kappa shape index (κ3) is 2.69. The minimum absolute atomic E-state index is 0.0221. The molecule has 2 aromatic rings. The van der Waals surface area contributed by atoms with Crippen molar-refractivity contribution in [3.05, 3.63) is 62.8 Å². The van der Waals surface area contributed by atoms with E-state index in [2.05, 4.69) is 15.3 Å². The van der Waals surface area contributed by atoms with E-state index in [0.717, 1.165) is 18.4 Å². The van der Waals surface area contributed by atoms with Crippen molar-refractivity contribution in [2.75, 3.05) is 0 Å². The Morgan fingerprint density at radius 3 is 2.81 bits per heavy atom. The van der Waals surface area contributed by atoms with Crippen LogP contribution in [0.3, 0.4) is 0 Å². The van der Waals surface area contributed by atoms with Gasteiger partial charge in [0.15, 0.2) is 0 Å². The third-order valence-corrected chi connectivity index (χ3v) is 3.89. The van der Waals surface area contributed by atoms with Crippen LogP contribution < -0.4 is 10.9 Å². The van der Waals surface area contributed by atoms with E-state index in [4.69, 9.17) is 11.6 Å². The summed E-state index contributed by atoms with van der Waals surface area (Å²) in [7, 11) is 0. The van der Waals surface area contributed by atoms with E-state index >= 15 is 0 Å². The van der Waals surface area contributed by atoms with E-state index in [1.165, 1.54) is 6.20 Å². The SMILES string of the molecule is Cc1ncc(C(=O)NC2(c3cccc(Cl)c3)CC2)c(=O)[nH]1. The smallest absolute Gasteiger partial charge is 0.263 e. The topological polar surface area (TPSA) is 74.8 Å². The molecule has 3 rings (SSSR count). The fourth-order valence-corrected chi connectivity index (χ4v) is 2.52. The summed E-state index contributed by atoms with van der Waals surface area (Å²) in [6, 6.07) is 7.41. The number of halogens is 1. The highest BCUT2D eigenvalue weighted by atomic mass is 35.5. The quantitative estimate of drug-likeness (QED) is 0.912. The van der Waals surface area contributed by atoms with Crippen molar-refractivity contribution < 1.29 is 4.79 Å². The molecule has 21 heavy (non-hydrogen) atoms. The zero-order valence-corrected chi connectivity index (χ0v) is 12.2. The molecule has 1 aliphatic carbocycles. The highest BCUT2D eigenvalue weighted by Crippen LogP contribution is 2.46. The molecule has 0 aliphatic heterocycles. The minimum Gasteiger partial charge on any atom is -0.342 e. The van der Waals surface area contributed by atoms with Gasteiger partial charge in [0.2, 0.25) is 0 Å². The Balaban J connectivity index is 1.86. The van der Waals surface area contributed by atoms with Gasteiger partial charge in [-0.15, -0.1) is 0 Å². The number of hydrogen-bond donors (Lipinski definition) is 2. The van der Waals surface area contributed by atoms with Crippen LogP contribution in [0.2, 0.25) is 5.02 Å². The standard InChI is InChI=1S/C15H14ClN3O2/c1-9-17-8-12(13(20)18-9)14(21)19-15(5-6-15)10-3-2-4-11(16)7-10/h2-4,7-8H,5-6H2,1H3,(H,19,21)(H,17,18,20). The van der Waals surface area contributed by atoms with Gasteiger partial charge >= 0.3 is 0 Å². The van der Waals surface area contributed by atoms with Gasteiger partial charge in [0.05, 0.1) is 5.54 Å². The first-order valence-electron chi connectivity index (χ1n) is 6.65. The fraction of sp³-hybridized carbons (Fsp3) is 0.267. The maximum atomic E-state index is 12.3. The number of carbonyl (C=O) groups is 1. The van der Waals surface area contributed by atoms with Gasteiger partial charge in [-0.3, -0.25) is 9.59 Å². The summed E-state index contributed by atoms with van der Waals surface area (Å²) in [5, 5.41) is 3.56. The van der Waals surface area contributed by atoms with Crippen LogP contribution in [0.15, 0.2) is 35.3 Å². The van der Waals surface area contributed by atoms with E-state index in [1.54, 1.807) is 13.0 Å². The molecule has 2 N–H and O–H groups in total. The lowest BCUT2D eigenvalue weighted by molar-refractivity contribution is 0.0929. The lowest BCUT2D eigenvalue weighted by Crippen LogP contribution is -2.38. The summed E-state index contributed by atoms with van der Waals surface area (Å²) in [4.78, 5) is 30.6. The van der Waals surface area contributed by atoms with Crippen molar-refractivity contribution in [1.29, 1.82) is 0 Å². The van der Waals surface area contributed by atoms with Crippen molar-refractivity contribution in [3.63, 3.8) is 0 Å². The molecule has 1 fully saturated rings. The van der Waals surface area contributed by atoms with Crippen molar-refractivity contribution in [1.82, 2.24) is 15.3 Å². The van der Waals surface area contributed by atoms with Crippen molar-refractivity contribution >= 4 is 17.5 Å². The summed E-state index contributed by atoms with van der Waals surface area (Å²) in [5.74, 6) is 0.0637. The molecule has 0 atom stereocenters. The Bertz CT molecular complexity index is 766. The number of nitrogens with one attached hydrogen (secondary N) is 2. The number of rotatable bonds is 3. The van der Waals surface area contributed by atoms with E-state index in [0.29, 0.717) is 10.8 Å². The van der Waals surface area contributed by atoms with Crippen LogP contribution in [0.25, 0.3) is 0 Å². The zero-order valence-electron chi connectivity index (χ0n) is 11.4. The third-order valence-electron chi connectivity index (χ3n) is 3.65. The molecule has 108 valence electrons. The number of aromatic nitrogens is 2. The van der Waals surface area contributed by atoms with Crippen molar-refractivity contribution in [2.45, 2.75) is 25.3 Å². The molecule has 0 radical (unpaired) electrons. The molecule has 1 saturated carbocycles. The summed E-state index contributed by atoms with van der Waals surface area (Å²) < 4.78 is 0. The molecule has 0 unspecified atom stereocenters. The number of hydrogen-bond acceptors (Lipinski definition) is 3. The van der Waals surface area contributed by atoms with Crippen LogP contribution in [-0.4, -0.2) is 15.9 Å². The van der Waals surface area contributed by atoms with Crippen LogP contribution >= 0.6 is 11.6 Å². The second-order valence-corrected chi connectivity index (χ2v) is 5.69. The van der Waals surface area contributed by atoms with E-state index < -0.39 is 17.0 Å². The fourth-order valence-electron chi connectivity index (χ4n) is 2.33. The first kappa shape index (κ1) is 13.8. The molecule has 1 heterocycles. The van der Waals surface area contributed by atoms with Gasteiger partial charge in [-0.25, -0.2) is 4.98 Å². The highest BCUT2D eigenvalue weighted by molar-refractivity contribution is 6.30. The molecule has 6 heteroatoms. The number of aromatic amines is 1. The van der Waals surface area contributed by atoms with Gasteiger partial charge in [0.25, 0.3) is 11.5 Å². The number of benzene rings is 1. The lowest BCUT2D eigenvalue weighted by Gasteiger charge is -2.18. The van der Waals surface area contributed by atoms with Crippen LogP contribution in [0, 0.1) is 6.92 Å². The maximum absolute atomic E-state index is 12.3. The summed E-state index contributed by atoms with van der Waals surface area (Å²) in [6.07, 6.45) is 2.96. The molecular weight excluding hydrogens is 290 g/mol. The van der Waals surface area contributed by atoms with Crippen molar-refractivity contribution in [2.24, 2.45) is 0 Å². The zero-order chi connectivity index (χ0) is 15.0. The average Bonchev–Trinajstić information content (AvgIpc) is 3.19. The van der Waals surface area contributed by atoms with Crippen LogP contribution in [0.4, 0.5) is 0 Å². The molecule has 0 saturated heterocycles. The van der Waals surface area contributed by atoms with Gasteiger partial charge < -0.3 is 10.3 Å². The molecule has 5 nitrogen and oxygen atoms in total. The molecule has 1 aromatic carbocycles. The second-order valence-electron chi connectivity index (χ2n) is 5.26. The number of carbonyl (C=O) groups excluding carboxylic acids is 1. The molecule has 1 amide bonds. The second kappa shape index (κ2) is 5.00. The Morgan fingerprint density at radius 1 is 1.43 bits per heavy atom. The number of aryl methyl sites for hydroxylation is 1. The van der Waals surface area contributed by atoms with Crippen LogP contribution in [0.1, 0.15) is 34.6 Å². The molecular formula is C15H14ClN3O2. The Kier molecular flexibility index (Phi) is 3.29. The van der Waals surface area contributed by atoms with Gasteiger partial charge in [-0.1, -0.05) is 23.7 Å². The summed E-state index contributed by atoms with van der Waals surface area (Å²) >= 11 is 6.00. The average molecular weight is 304 g/mol.